The van der Waals surface area contributed by atoms with E-state index in [4.69, 9.17) is 0 Å². The van der Waals surface area contributed by atoms with Gasteiger partial charge in [-0.2, -0.15) is 0 Å². The van der Waals surface area contributed by atoms with Gasteiger partial charge < -0.3 is 0 Å². The van der Waals surface area contributed by atoms with Crippen molar-refractivity contribution in [2.45, 2.75) is 23.8 Å². The zero-order valence-electron chi connectivity index (χ0n) is 11.4. The van der Waals surface area contributed by atoms with Crippen LogP contribution in [0.15, 0.2) is 41.3 Å². The van der Waals surface area contributed by atoms with Crippen LogP contribution in [0.25, 0.3) is 10.8 Å². The minimum Gasteiger partial charge on any atom is -0.295 e. The normalized spacial score (nSPS) is 22.9. The van der Waals surface area contributed by atoms with Crippen molar-refractivity contribution in [3.05, 3.63) is 36.4 Å². The maximum atomic E-state index is 12.9. The highest BCUT2D eigenvalue weighted by atomic mass is 32.2. The van der Waals surface area contributed by atoms with Crippen molar-refractivity contribution in [3.8, 4) is 0 Å². The first-order valence-electron chi connectivity index (χ1n) is 6.90. The first-order chi connectivity index (χ1) is 10.5. The molecule has 2 aliphatic heterocycles. The van der Waals surface area contributed by atoms with Crippen LogP contribution in [0.5, 0.6) is 0 Å². The molecule has 0 aromatic heterocycles. The van der Waals surface area contributed by atoms with E-state index in [9.17, 15) is 18.0 Å². The van der Waals surface area contributed by atoms with Crippen LogP contribution in [0.1, 0.15) is 12.8 Å². The standard InChI is InChI=1S/C15H12N2O4S/c18-13-8-7-11(15(19)16-13)17-10-5-1-3-9-4-2-6-12(14(9)10)22(17,20)21/h1-6,11H,7-8H2,(H,16,18,19). The molecule has 0 aliphatic carbocycles. The fourth-order valence-corrected chi connectivity index (χ4v) is 5.05. The van der Waals surface area contributed by atoms with Crippen molar-refractivity contribution in [1.29, 1.82) is 0 Å². The smallest absolute Gasteiger partial charge is 0.265 e. The molecule has 1 atom stereocenters. The van der Waals surface area contributed by atoms with Crippen molar-refractivity contribution in [1.82, 2.24) is 5.32 Å². The van der Waals surface area contributed by atoms with Crippen LogP contribution in [0.2, 0.25) is 0 Å². The van der Waals surface area contributed by atoms with E-state index in [1.165, 1.54) is 0 Å². The Morgan fingerprint density at radius 1 is 1.09 bits per heavy atom. The number of rotatable bonds is 1. The van der Waals surface area contributed by atoms with Gasteiger partial charge in [-0.15, -0.1) is 0 Å². The topological polar surface area (TPSA) is 83.6 Å². The van der Waals surface area contributed by atoms with Crippen LogP contribution in [-0.2, 0) is 19.6 Å². The van der Waals surface area contributed by atoms with Gasteiger partial charge >= 0.3 is 0 Å². The average Bonchev–Trinajstić information content (AvgIpc) is 2.70. The summed E-state index contributed by atoms with van der Waals surface area (Å²) < 4.78 is 26.9. The zero-order chi connectivity index (χ0) is 15.5. The lowest BCUT2D eigenvalue weighted by atomic mass is 10.0. The number of carbonyl (C=O) groups is 2. The molecule has 7 heteroatoms. The lowest BCUT2D eigenvalue weighted by Gasteiger charge is -2.30. The fourth-order valence-electron chi connectivity index (χ4n) is 3.16. The summed E-state index contributed by atoms with van der Waals surface area (Å²) in [5.74, 6) is -0.932. The summed E-state index contributed by atoms with van der Waals surface area (Å²) in [6, 6.07) is 9.49. The molecule has 22 heavy (non-hydrogen) atoms. The second-order valence-electron chi connectivity index (χ2n) is 5.40. The number of imide groups is 1. The number of piperidine rings is 1. The van der Waals surface area contributed by atoms with Crippen molar-refractivity contribution in [2.75, 3.05) is 4.31 Å². The first kappa shape index (κ1) is 13.3. The lowest BCUT2D eigenvalue weighted by Crippen LogP contribution is -2.53. The minimum absolute atomic E-state index is 0.134. The Balaban J connectivity index is 1.94. The highest BCUT2D eigenvalue weighted by Crippen LogP contribution is 2.43. The summed E-state index contributed by atoms with van der Waals surface area (Å²) in [7, 11) is -3.79. The predicted octanol–water partition coefficient (Wildman–Crippen LogP) is 1.15. The molecule has 0 bridgehead atoms. The maximum Gasteiger partial charge on any atom is 0.265 e. The highest BCUT2D eigenvalue weighted by molar-refractivity contribution is 7.93. The van der Waals surface area contributed by atoms with Crippen LogP contribution in [0.4, 0.5) is 5.69 Å². The van der Waals surface area contributed by atoms with Gasteiger partial charge in [0.1, 0.15) is 6.04 Å². The number of anilines is 1. The molecule has 0 radical (unpaired) electrons. The molecule has 2 heterocycles. The highest BCUT2D eigenvalue weighted by Gasteiger charge is 2.44. The number of nitrogens with zero attached hydrogens (tertiary/aromatic N) is 1. The molecule has 2 aromatic rings. The monoisotopic (exact) mass is 316 g/mol. The third-order valence-electron chi connectivity index (χ3n) is 4.11. The molecule has 1 fully saturated rings. The van der Waals surface area contributed by atoms with Crippen LogP contribution in [0.3, 0.4) is 0 Å². The van der Waals surface area contributed by atoms with E-state index in [-0.39, 0.29) is 23.6 Å². The summed E-state index contributed by atoms with van der Waals surface area (Å²) in [5, 5.41) is 3.67. The van der Waals surface area contributed by atoms with E-state index in [1.54, 1.807) is 24.3 Å². The molecule has 2 amide bonds. The van der Waals surface area contributed by atoms with Crippen LogP contribution in [-0.4, -0.2) is 26.3 Å². The Bertz CT molecular complexity index is 930. The van der Waals surface area contributed by atoms with Gasteiger partial charge in [0.2, 0.25) is 11.8 Å². The number of benzene rings is 2. The number of sulfonamides is 1. The Hall–Kier alpha value is -2.41. The molecular weight excluding hydrogens is 304 g/mol. The second-order valence-corrected chi connectivity index (χ2v) is 7.18. The van der Waals surface area contributed by atoms with Gasteiger partial charge in [-0.05, 0) is 23.9 Å². The van der Waals surface area contributed by atoms with Crippen molar-refractivity contribution < 1.29 is 18.0 Å². The molecule has 1 N–H and O–H groups in total. The molecule has 1 saturated heterocycles. The Labute approximate surface area is 126 Å². The van der Waals surface area contributed by atoms with Gasteiger partial charge in [-0.1, -0.05) is 24.3 Å². The zero-order valence-corrected chi connectivity index (χ0v) is 12.3. The van der Waals surface area contributed by atoms with Gasteiger partial charge in [0, 0.05) is 11.8 Å². The Morgan fingerprint density at radius 3 is 2.55 bits per heavy atom. The quantitative estimate of drug-likeness (QED) is 0.800. The van der Waals surface area contributed by atoms with E-state index in [0.29, 0.717) is 11.1 Å². The van der Waals surface area contributed by atoms with Gasteiger partial charge in [0.25, 0.3) is 10.0 Å². The molecular formula is C15H12N2O4S. The van der Waals surface area contributed by atoms with Gasteiger partial charge in [-0.25, -0.2) is 8.42 Å². The van der Waals surface area contributed by atoms with Crippen LogP contribution >= 0.6 is 0 Å². The van der Waals surface area contributed by atoms with E-state index < -0.39 is 22.0 Å². The van der Waals surface area contributed by atoms with Crippen molar-refractivity contribution in [3.63, 3.8) is 0 Å². The molecule has 112 valence electrons. The van der Waals surface area contributed by atoms with Gasteiger partial charge in [0.05, 0.1) is 10.6 Å². The van der Waals surface area contributed by atoms with Crippen molar-refractivity contribution >= 4 is 38.3 Å². The van der Waals surface area contributed by atoms with Crippen LogP contribution in [0, 0.1) is 0 Å². The lowest BCUT2D eigenvalue weighted by molar-refractivity contribution is -0.133. The molecule has 2 aliphatic rings. The Morgan fingerprint density at radius 2 is 1.82 bits per heavy atom. The van der Waals surface area contributed by atoms with E-state index in [0.717, 1.165) is 9.69 Å². The molecule has 0 saturated carbocycles. The molecule has 6 nitrogen and oxygen atoms in total. The Kier molecular flexibility index (Phi) is 2.59. The molecule has 4 rings (SSSR count). The van der Waals surface area contributed by atoms with Crippen molar-refractivity contribution in [2.24, 2.45) is 0 Å². The van der Waals surface area contributed by atoms with E-state index in [2.05, 4.69) is 5.32 Å². The average molecular weight is 316 g/mol. The number of hydrogen-bond acceptors (Lipinski definition) is 4. The summed E-state index contributed by atoms with van der Waals surface area (Å²) in [5.41, 5.74) is 0.502. The second kappa shape index (κ2) is 4.30. The number of carbonyl (C=O) groups excluding carboxylic acids is 2. The summed E-state index contributed by atoms with van der Waals surface area (Å²) in [6.45, 7) is 0. The maximum absolute atomic E-state index is 12.9. The van der Waals surface area contributed by atoms with E-state index in [1.807, 2.05) is 12.1 Å². The molecule has 1 unspecified atom stereocenters. The summed E-state index contributed by atoms with van der Waals surface area (Å²) in [6.07, 6.45) is 0.322. The summed E-state index contributed by atoms with van der Waals surface area (Å²) >= 11 is 0. The largest absolute Gasteiger partial charge is 0.295 e. The van der Waals surface area contributed by atoms with Crippen LogP contribution < -0.4 is 9.62 Å². The fraction of sp³-hybridized carbons (Fsp3) is 0.200. The number of nitrogens with one attached hydrogen (secondary N) is 1. The molecule has 0 spiro atoms. The van der Waals surface area contributed by atoms with E-state index >= 15 is 0 Å². The third kappa shape index (κ3) is 1.62. The van der Waals surface area contributed by atoms with Gasteiger partial charge in [-0.3, -0.25) is 19.2 Å². The SMILES string of the molecule is O=C1CCC(N2c3cccc4cccc(c34)S2(=O)=O)C(=O)N1. The minimum atomic E-state index is -3.79. The molecule has 2 aromatic carbocycles. The van der Waals surface area contributed by atoms with Gasteiger partial charge in [0.15, 0.2) is 0 Å². The predicted molar refractivity (Wildman–Crippen MR) is 79.8 cm³/mol. The third-order valence-corrected chi connectivity index (χ3v) is 5.98. The first-order valence-corrected chi connectivity index (χ1v) is 8.34. The number of amides is 2. The summed E-state index contributed by atoms with van der Waals surface area (Å²) in [4.78, 5) is 23.6. The number of hydrogen-bond donors (Lipinski definition) is 1.